The van der Waals surface area contributed by atoms with Crippen LogP contribution in [0.4, 0.5) is 0 Å². The lowest BCUT2D eigenvalue weighted by molar-refractivity contribution is -0.129. The van der Waals surface area contributed by atoms with Crippen LogP contribution in [0.2, 0.25) is 25.2 Å². The van der Waals surface area contributed by atoms with Crippen LogP contribution in [0.5, 0.6) is 0 Å². The van der Waals surface area contributed by atoms with Gasteiger partial charge in [0.15, 0.2) is 0 Å². The summed E-state index contributed by atoms with van der Waals surface area (Å²) in [6.45, 7) is 7.27. The highest BCUT2D eigenvalue weighted by atomic mass is 28.3. The fourth-order valence-electron chi connectivity index (χ4n) is 3.22. The third-order valence-electron chi connectivity index (χ3n) is 3.97. The Hall–Kier alpha value is -0.113. The third-order valence-corrected chi connectivity index (χ3v) is 6.84. The van der Waals surface area contributed by atoms with Crippen LogP contribution in [0.25, 0.3) is 0 Å². The van der Waals surface area contributed by atoms with Crippen LogP contribution in [0, 0.1) is 11.8 Å². The minimum Gasteiger partial charge on any atom is -0.299 e. The van der Waals surface area contributed by atoms with Crippen LogP contribution >= 0.6 is 0 Å². The fourth-order valence-corrected chi connectivity index (χ4v) is 5.82. The molecule has 0 aromatic rings. The van der Waals surface area contributed by atoms with Crippen molar-refractivity contribution in [1.29, 1.82) is 0 Å². The lowest BCUT2D eigenvalue weighted by Crippen LogP contribution is -2.45. The molecule has 0 heterocycles. The molecule has 3 aliphatic carbocycles. The third kappa shape index (κ3) is 1.61. The van der Waals surface area contributed by atoms with Gasteiger partial charge in [-0.2, -0.15) is 0 Å². The first-order valence-corrected chi connectivity index (χ1v) is 9.09. The second-order valence-electron chi connectivity index (χ2n) is 5.93. The standard InChI is InChI=1S/C11H20OSi/c1-13(2,3)11-7-8-4-5-9(11)10(12)6-8/h8-9,11H,4-7H2,1-3H3/t8-,9+,11-/m0/s1. The molecule has 74 valence electrons. The van der Waals surface area contributed by atoms with Crippen LogP contribution in [-0.4, -0.2) is 13.9 Å². The molecule has 0 saturated heterocycles. The van der Waals surface area contributed by atoms with Gasteiger partial charge >= 0.3 is 0 Å². The summed E-state index contributed by atoms with van der Waals surface area (Å²) in [5, 5.41) is 0. The van der Waals surface area contributed by atoms with Gasteiger partial charge in [-0.15, -0.1) is 0 Å². The second kappa shape index (κ2) is 2.94. The maximum atomic E-state index is 11.7. The highest BCUT2D eigenvalue weighted by molar-refractivity contribution is 6.77. The number of Topliss-reactive ketones (excluding diaryl/α,β-unsaturated/α-hetero) is 1. The van der Waals surface area contributed by atoms with Crippen molar-refractivity contribution < 1.29 is 4.79 Å². The predicted octanol–water partition coefficient (Wildman–Crippen LogP) is 3.08. The molecule has 13 heavy (non-hydrogen) atoms. The summed E-state index contributed by atoms with van der Waals surface area (Å²) in [6.07, 6.45) is 4.81. The molecule has 3 atom stereocenters. The van der Waals surface area contributed by atoms with Crippen molar-refractivity contribution in [3.05, 3.63) is 0 Å². The largest absolute Gasteiger partial charge is 0.299 e. The summed E-state index contributed by atoms with van der Waals surface area (Å²) in [5.41, 5.74) is 0.799. The molecule has 3 fully saturated rings. The first kappa shape index (κ1) is 9.44. The van der Waals surface area contributed by atoms with Gasteiger partial charge in [-0.3, -0.25) is 4.79 Å². The number of fused-ring (bicyclic) bond motifs is 3. The highest BCUT2D eigenvalue weighted by Gasteiger charge is 2.46. The van der Waals surface area contributed by atoms with Crippen molar-refractivity contribution in [3.63, 3.8) is 0 Å². The minimum atomic E-state index is -1.07. The van der Waals surface area contributed by atoms with Gasteiger partial charge in [-0.25, -0.2) is 0 Å². The molecule has 1 nitrogen and oxygen atoms in total. The molecule has 2 bridgehead atoms. The van der Waals surface area contributed by atoms with Gasteiger partial charge in [0, 0.05) is 20.4 Å². The number of rotatable bonds is 1. The monoisotopic (exact) mass is 196 g/mol. The van der Waals surface area contributed by atoms with Crippen LogP contribution in [-0.2, 0) is 4.79 Å². The van der Waals surface area contributed by atoms with Gasteiger partial charge in [-0.05, 0) is 30.7 Å². The van der Waals surface area contributed by atoms with E-state index in [0.29, 0.717) is 11.7 Å². The summed E-state index contributed by atoms with van der Waals surface area (Å²) in [6, 6.07) is 0. The van der Waals surface area contributed by atoms with E-state index in [1.165, 1.54) is 19.3 Å². The predicted molar refractivity (Wildman–Crippen MR) is 57.6 cm³/mol. The molecule has 0 aliphatic heterocycles. The number of hydrogen-bond acceptors (Lipinski definition) is 1. The van der Waals surface area contributed by atoms with Gasteiger partial charge in [0.25, 0.3) is 0 Å². The molecule has 2 heteroatoms. The maximum absolute atomic E-state index is 11.7. The average Bonchev–Trinajstić information content (AvgIpc) is 2.03. The van der Waals surface area contributed by atoms with E-state index in [1.54, 1.807) is 0 Å². The van der Waals surface area contributed by atoms with E-state index in [2.05, 4.69) is 19.6 Å². The van der Waals surface area contributed by atoms with Crippen molar-refractivity contribution in [2.75, 3.05) is 0 Å². The number of ketones is 1. The topological polar surface area (TPSA) is 17.1 Å². The summed E-state index contributed by atoms with van der Waals surface area (Å²) in [4.78, 5) is 11.7. The van der Waals surface area contributed by atoms with Crippen molar-refractivity contribution >= 4 is 13.9 Å². The molecule has 0 spiro atoms. The molecule has 0 N–H and O–H groups in total. The van der Waals surface area contributed by atoms with Crippen LogP contribution in [0.3, 0.4) is 0 Å². The Labute approximate surface area is 81.9 Å². The molecule has 0 radical (unpaired) electrons. The smallest absolute Gasteiger partial charge is 0.136 e. The second-order valence-corrected chi connectivity index (χ2v) is 11.4. The normalized spacial score (nSPS) is 39.6. The summed E-state index contributed by atoms with van der Waals surface area (Å²) in [7, 11) is -1.07. The number of hydrogen-bond donors (Lipinski definition) is 0. The Morgan fingerprint density at radius 1 is 1.23 bits per heavy atom. The molecular formula is C11H20OSi. The van der Waals surface area contributed by atoms with Gasteiger partial charge in [0.2, 0.25) is 0 Å². The van der Waals surface area contributed by atoms with E-state index in [0.717, 1.165) is 17.9 Å². The Morgan fingerprint density at radius 3 is 2.31 bits per heavy atom. The molecule has 0 aromatic heterocycles. The highest BCUT2D eigenvalue weighted by Crippen LogP contribution is 2.50. The van der Waals surface area contributed by atoms with Crippen molar-refractivity contribution in [3.8, 4) is 0 Å². The van der Waals surface area contributed by atoms with Crippen LogP contribution < -0.4 is 0 Å². The SMILES string of the molecule is C[Si](C)(C)[C@H]1C[C@H]2CC[C@@H]1C(=O)C2. The molecule has 0 aromatic carbocycles. The first-order valence-electron chi connectivity index (χ1n) is 5.51. The molecule has 3 aliphatic rings. The number of carbonyl (C=O) groups excluding carboxylic acids is 1. The van der Waals surface area contributed by atoms with E-state index >= 15 is 0 Å². The van der Waals surface area contributed by atoms with Gasteiger partial charge < -0.3 is 0 Å². The summed E-state index contributed by atoms with van der Waals surface area (Å²) >= 11 is 0. The fraction of sp³-hybridized carbons (Fsp3) is 0.909. The Morgan fingerprint density at radius 2 is 1.92 bits per heavy atom. The van der Waals surface area contributed by atoms with E-state index in [4.69, 9.17) is 0 Å². The average molecular weight is 196 g/mol. The molecule has 0 amide bonds. The zero-order valence-electron chi connectivity index (χ0n) is 8.97. The van der Waals surface area contributed by atoms with E-state index in [1.807, 2.05) is 0 Å². The van der Waals surface area contributed by atoms with E-state index in [9.17, 15) is 4.79 Å². The van der Waals surface area contributed by atoms with Crippen LogP contribution in [0.1, 0.15) is 25.7 Å². The first-order chi connectivity index (χ1) is 5.98. The zero-order chi connectivity index (χ0) is 9.64. The maximum Gasteiger partial charge on any atom is 0.136 e. The Balaban J connectivity index is 2.19. The van der Waals surface area contributed by atoms with Gasteiger partial charge in [0.1, 0.15) is 5.78 Å². The van der Waals surface area contributed by atoms with Gasteiger partial charge in [-0.1, -0.05) is 19.6 Å². The van der Waals surface area contributed by atoms with E-state index in [-0.39, 0.29) is 0 Å². The summed E-state index contributed by atoms with van der Waals surface area (Å²) < 4.78 is 0. The van der Waals surface area contributed by atoms with Gasteiger partial charge in [0.05, 0.1) is 0 Å². The lowest BCUT2D eigenvalue weighted by atomic mass is 9.69. The number of carbonyl (C=O) groups is 1. The van der Waals surface area contributed by atoms with Crippen molar-refractivity contribution in [1.82, 2.24) is 0 Å². The molecule has 0 unspecified atom stereocenters. The van der Waals surface area contributed by atoms with Crippen molar-refractivity contribution in [2.24, 2.45) is 11.8 Å². The molecular weight excluding hydrogens is 176 g/mol. The Kier molecular flexibility index (Phi) is 2.14. The lowest BCUT2D eigenvalue weighted by Gasteiger charge is -2.46. The van der Waals surface area contributed by atoms with Crippen molar-refractivity contribution in [2.45, 2.75) is 50.9 Å². The quantitative estimate of drug-likeness (QED) is 0.589. The van der Waals surface area contributed by atoms with Crippen LogP contribution in [0.15, 0.2) is 0 Å². The zero-order valence-corrected chi connectivity index (χ0v) is 9.97. The Bertz CT molecular complexity index is 229. The minimum absolute atomic E-state index is 0.469. The van der Waals surface area contributed by atoms with E-state index < -0.39 is 8.07 Å². The molecule has 3 saturated carbocycles. The molecule has 3 rings (SSSR count). The summed E-state index contributed by atoms with van der Waals surface area (Å²) in [5.74, 6) is 1.82.